The first-order valence-corrected chi connectivity index (χ1v) is 6.58. The highest BCUT2D eigenvalue weighted by Gasteiger charge is 2.41. The van der Waals surface area contributed by atoms with E-state index in [1.807, 2.05) is 0 Å². The zero-order valence-corrected chi connectivity index (χ0v) is 11.2. The number of carbonyl (C=O) groups is 1. The van der Waals surface area contributed by atoms with Gasteiger partial charge in [-0.05, 0) is 37.6 Å². The molecule has 0 saturated carbocycles. The zero-order chi connectivity index (χ0) is 15.6. The van der Waals surface area contributed by atoms with Gasteiger partial charge in [0, 0.05) is 18.7 Å². The molecule has 1 aliphatic heterocycles. The van der Waals surface area contributed by atoms with Crippen LogP contribution in [0.4, 0.5) is 17.6 Å². The molecule has 1 unspecified atom stereocenters. The van der Waals surface area contributed by atoms with Crippen LogP contribution in [0.15, 0.2) is 18.2 Å². The van der Waals surface area contributed by atoms with Crippen LogP contribution in [-0.2, 0) is 6.54 Å². The van der Waals surface area contributed by atoms with E-state index in [1.54, 1.807) is 0 Å². The number of benzene rings is 1. The maximum Gasteiger partial charge on any atom is 0.393 e. The summed E-state index contributed by atoms with van der Waals surface area (Å²) in [5.74, 6) is -3.20. The minimum atomic E-state index is -4.25. The first kappa shape index (κ1) is 15.8. The van der Waals surface area contributed by atoms with E-state index in [1.165, 1.54) is 11.0 Å². The third kappa shape index (κ3) is 3.93. The molecule has 0 aromatic heterocycles. The molecule has 0 radical (unpaired) electrons. The molecular formula is C14H15F4NO2. The van der Waals surface area contributed by atoms with E-state index >= 15 is 0 Å². The predicted molar refractivity (Wildman–Crippen MR) is 67.4 cm³/mol. The van der Waals surface area contributed by atoms with Crippen LogP contribution < -0.4 is 0 Å². The SMILES string of the molecule is O=C(O)c1ccc(F)c(CN2CCCC(C(F)(F)F)C2)c1. The molecule has 0 spiro atoms. The molecular weight excluding hydrogens is 290 g/mol. The largest absolute Gasteiger partial charge is 0.478 e. The smallest absolute Gasteiger partial charge is 0.393 e. The van der Waals surface area contributed by atoms with Crippen LogP contribution in [0, 0.1) is 11.7 Å². The number of halogens is 4. The molecule has 2 rings (SSSR count). The highest BCUT2D eigenvalue weighted by atomic mass is 19.4. The van der Waals surface area contributed by atoms with E-state index in [2.05, 4.69) is 0 Å². The van der Waals surface area contributed by atoms with Gasteiger partial charge in [-0.2, -0.15) is 13.2 Å². The maximum atomic E-state index is 13.7. The van der Waals surface area contributed by atoms with E-state index in [0.717, 1.165) is 12.1 Å². The van der Waals surface area contributed by atoms with Crippen molar-refractivity contribution >= 4 is 5.97 Å². The van der Waals surface area contributed by atoms with Crippen LogP contribution in [0.25, 0.3) is 0 Å². The van der Waals surface area contributed by atoms with Crippen molar-refractivity contribution in [3.05, 3.63) is 35.1 Å². The van der Waals surface area contributed by atoms with Gasteiger partial charge in [0.15, 0.2) is 0 Å². The lowest BCUT2D eigenvalue weighted by Gasteiger charge is -2.33. The van der Waals surface area contributed by atoms with Crippen LogP contribution in [0.5, 0.6) is 0 Å². The lowest BCUT2D eigenvalue weighted by atomic mass is 9.97. The molecule has 21 heavy (non-hydrogen) atoms. The highest BCUT2D eigenvalue weighted by Crippen LogP contribution is 2.33. The van der Waals surface area contributed by atoms with E-state index < -0.39 is 23.9 Å². The number of carboxylic acids is 1. The first-order valence-electron chi connectivity index (χ1n) is 6.58. The van der Waals surface area contributed by atoms with Crippen molar-refractivity contribution in [2.75, 3.05) is 13.1 Å². The average molecular weight is 305 g/mol. The molecule has 1 saturated heterocycles. The summed E-state index contributed by atoms with van der Waals surface area (Å²) < 4.78 is 51.8. The highest BCUT2D eigenvalue weighted by molar-refractivity contribution is 5.87. The quantitative estimate of drug-likeness (QED) is 0.871. The summed E-state index contributed by atoms with van der Waals surface area (Å²) in [5, 5.41) is 8.87. The summed E-state index contributed by atoms with van der Waals surface area (Å²) in [7, 11) is 0. The van der Waals surface area contributed by atoms with Gasteiger partial charge >= 0.3 is 12.1 Å². The molecule has 0 bridgehead atoms. The Hall–Kier alpha value is -1.63. The molecule has 7 heteroatoms. The number of aromatic carboxylic acids is 1. The summed E-state index contributed by atoms with van der Waals surface area (Å²) in [6.07, 6.45) is -3.78. The third-order valence-corrected chi connectivity index (χ3v) is 3.66. The van der Waals surface area contributed by atoms with Crippen LogP contribution in [0.3, 0.4) is 0 Å². The summed E-state index contributed by atoms with van der Waals surface area (Å²) >= 11 is 0. The Labute approximate surface area is 119 Å². The van der Waals surface area contributed by atoms with Gasteiger partial charge in [-0.3, -0.25) is 4.90 Å². The number of nitrogens with zero attached hydrogens (tertiary/aromatic N) is 1. The lowest BCUT2D eigenvalue weighted by molar-refractivity contribution is -0.187. The Kier molecular flexibility index (Phi) is 4.51. The van der Waals surface area contributed by atoms with Crippen LogP contribution in [-0.4, -0.2) is 35.2 Å². The summed E-state index contributed by atoms with van der Waals surface area (Å²) in [6, 6.07) is 3.34. The third-order valence-electron chi connectivity index (χ3n) is 3.66. The Morgan fingerprint density at radius 1 is 1.38 bits per heavy atom. The molecule has 1 aliphatic rings. The van der Waals surface area contributed by atoms with Crippen LogP contribution in [0.1, 0.15) is 28.8 Å². The minimum Gasteiger partial charge on any atom is -0.478 e. The lowest BCUT2D eigenvalue weighted by Crippen LogP contribution is -2.41. The number of alkyl halides is 3. The van der Waals surface area contributed by atoms with Crippen molar-refractivity contribution < 1.29 is 27.5 Å². The Morgan fingerprint density at radius 3 is 2.71 bits per heavy atom. The standard InChI is InChI=1S/C14H15F4NO2/c15-12-4-3-9(13(20)21)6-10(12)7-19-5-1-2-11(8-19)14(16,17)18/h3-4,6,11H,1-2,5,7-8H2,(H,20,21). The molecule has 1 N–H and O–H groups in total. The molecule has 1 heterocycles. The normalized spacial score (nSPS) is 20.5. The molecule has 1 aromatic rings. The second-order valence-electron chi connectivity index (χ2n) is 5.23. The zero-order valence-electron chi connectivity index (χ0n) is 11.2. The number of rotatable bonds is 3. The van der Waals surface area contributed by atoms with Crippen LogP contribution in [0.2, 0.25) is 0 Å². The van der Waals surface area contributed by atoms with Gasteiger partial charge in [0.1, 0.15) is 5.82 Å². The van der Waals surface area contributed by atoms with Crippen molar-refractivity contribution in [2.24, 2.45) is 5.92 Å². The van der Waals surface area contributed by atoms with Crippen molar-refractivity contribution in [1.29, 1.82) is 0 Å². The summed E-state index contributed by atoms with van der Waals surface area (Å²) in [5.41, 5.74) is 0.0357. The van der Waals surface area contributed by atoms with Gasteiger partial charge in [0.2, 0.25) is 0 Å². The Morgan fingerprint density at radius 2 is 2.10 bits per heavy atom. The van der Waals surface area contributed by atoms with Crippen LogP contribution >= 0.6 is 0 Å². The fourth-order valence-electron chi connectivity index (χ4n) is 2.54. The van der Waals surface area contributed by atoms with E-state index in [4.69, 9.17) is 5.11 Å². The predicted octanol–water partition coefficient (Wildman–Crippen LogP) is 3.30. The van der Waals surface area contributed by atoms with Gasteiger partial charge in [0.05, 0.1) is 11.5 Å². The van der Waals surface area contributed by atoms with Gasteiger partial charge in [-0.1, -0.05) is 0 Å². The molecule has 116 valence electrons. The second-order valence-corrected chi connectivity index (χ2v) is 5.23. The molecule has 1 aromatic carbocycles. The Balaban J connectivity index is 2.11. The van der Waals surface area contributed by atoms with Crippen molar-refractivity contribution in [1.82, 2.24) is 4.90 Å². The fourth-order valence-corrected chi connectivity index (χ4v) is 2.54. The number of likely N-dealkylation sites (tertiary alicyclic amines) is 1. The van der Waals surface area contributed by atoms with E-state index in [9.17, 15) is 22.4 Å². The summed E-state index contributed by atoms with van der Waals surface area (Å²) in [6.45, 7) is 0.253. The minimum absolute atomic E-state index is 0.0144. The van der Waals surface area contributed by atoms with Crippen molar-refractivity contribution in [2.45, 2.75) is 25.6 Å². The number of hydrogen-bond donors (Lipinski definition) is 1. The molecule has 3 nitrogen and oxygen atoms in total. The molecule has 1 fully saturated rings. The molecule has 0 aliphatic carbocycles. The van der Waals surface area contributed by atoms with Gasteiger partial charge in [0.25, 0.3) is 0 Å². The fraction of sp³-hybridized carbons (Fsp3) is 0.500. The van der Waals surface area contributed by atoms with E-state index in [-0.39, 0.29) is 30.6 Å². The van der Waals surface area contributed by atoms with Gasteiger partial charge < -0.3 is 5.11 Å². The first-order chi connectivity index (χ1) is 9.77. The average Bonchev–Trinajstić information content (AvgIpc) is 2.40. The topological polar surface area (TPSA) is 40.5 Å². The number of piperidine rings is 1. The number of hydrogen-bond acceptors (Lipinski definition) is 2. The Bertz CT molecular complexity index is 530. The molecule has 0 amide bonds. The maximum absolute atomic E-state index is 13.7. The van der Waals surface area contributed by atoms with E-state index in [0.29, 0.717) is 13.0 Å². The van der Waals surface area contributed by atoms with Gasteiger partial charge in [-0.25, -0.2) is 9.18 Å². The van der Waals surface area contributed by atoms with Gasteiger partial charge in [-0.15, -0.1) is 0 Å². The monoisotopic (exact) mass is 305 g/mol. The van der Waals surface area contributed by atoms with Crippen molar-refractivity contribution in [3.8, 4) is 0 Å². The summed E-state index contributed by atoms with van der Waals surface area (Å²) in [4.78, 5) is 12.4. The second kappa shape index (κ2) is 6.01. The number of carboxylic acid groups (broad SMARTS) is 1. The molecule has 1 atom stereocenters. The van der Waals surface area contributed by atoms with Crippen molar-refractivity contribution in [3.63, 3.8) is 0 Å².